The lowest BCUT2D eigenvalue weighted by molar-refractivity contribution is -0.149. The third kappa shape index (κ3) is 4.07. The summed E-state index contributed by atoms with van der Waals surface area (Å²) in [5.41, 5.74) is 3.66. The first kappa shape index (κ1) is 23.1. The summed E-state index contributed by atoms with van der Waals surface area (Å²) in [4.78, 5) is 37.4. The van der Waals surface area contributed by atoms with Crippen LogP contribution in [0.1, 0.15) is 37.2 Å². The summed E-state index contributed by atoms with van der Waals surface area (Å²) in [6, 6.07) is 9.38. The van der Waals surface area contributed by atoms with Crippen LogP contribution in [0.2, 0.25) is 0 Å². The van der Waals surface area contributed by atoms with Gasteiger partial charge >= 0.3 is 5.97 Å². The molecule has 2 amide bonds. The number of nitrogens with zero attached hydrogens (tertiary/aromatic N) is 3. The van der Waals surface area contributed by atoms with E-state index in [4.69, 9.17) is 9.47 Å². The monoisotopic (exact) mass is 475 g/mol. The summed E-state index contributed by atoms with van der Waals surface area (Å²) in [5.74, 6) is -0.389. The Morgan fingerprint density at radius 3 is 2.31 bits per heavy atom. The van der Waals surface area contributed by atoms with Crippen molar-refractivity contribution < 1.29 is 23.9 Å². The van der Waals surface area contributed by atoms with E-state index in [0.29, 0.717) is 5.75 Å². The van der Waals surface area contributed by atoms with Gasteiger partial charge in [0.05, 0.1) is 24.2 Å². The first-order chi connectivity index (χ1) is 16.7. The van der Waals surface area contributed by atoms with Gasteiger partial charge in [0, 0.05) is 22.6 Å². The van der Waals surface area contributed by atoms with E-state index >= 15 is 0 Å². The maximum atomic E-state index is 12.9. The average Bonchev–Trinajstić information content (AvgIpc) is 3.55. The lowest BCUT2D eigenvalue weighted by Gasteiger charge is -2.13. The van der Waals surface area contributed by atoms with E-state index in [9.17, 15) is 14.4 Å². The van der Waals surface area contributed by atoms with Crippen LogP contribution in [0.15, 0.2) is 47.6 Å². The summed E-state index contributed by atoms with van der Waals surface area (Å²) in [6.07, 6.45) is 6.47. The molecule has 1 aromatic heterocycles. The van der Waals surface area contributed by atoms with Crippen molar-refractivity contribution in [1.82, 2.24) is 9.58 Å². The number of ether oxygens (including phenoxy) is 2. The molecule has 2 aromatic rings. The fourth-order valence-corrected chi connectivity index (χ4v) is 5.57. The number of hydrogen-bond acceptors (Lipinski definition) is 6. The molecule has 2 aliphatic carbocycles. The maximum absolute atomic E-state index is 12.9. The van der Waals surface area contributed by atoms with E-state index in [0.717, 1.165) is 34.1 Å². The molecule has 2 fully saturated rings. The van der Waals surface area contributed by atoms with Crippen LogP contribution < -0.4 is 4.74 Å². The highest BCUT2D eigenvalue weighted by molar-refractivity contribution is 6.06. The highest BCUT2D eigenvalue weighted by Gasteiger charge is 2.59. The predicted molar refractivity (Wildman–Crippen MR) is 129 cm³/mol. The molecule has 1 saturated heterocycles. The summed E-state index contributed by atoms with van der Waals surface area (Å²) >= 11 is 0. The predicted octanol–water partition coefficient (Wildman–Crippen LogP) is 3.57. The number of rotatable bonds is 7. The number of hydrogen-bond donors (Lipinski definition) is 0. The summed E-state index contributed by atoms with van der Waals surface area (Å²) in [6.45, 7) is 7.39. The number of amides is 2. The van der Waals surface area contributed by atoms with E-state index in [1.165, 1.54) is 0 Å². The van der Waals surface area contributed by atoms with Crippen LogP contribution in [-0.4, -0.2) is 46.3 Å². The van der Waals surface area contributed by atoms with Gasteiger partial charge in [-0.05, 0) is 76.3 Å². The highest BCUT2D eigenvalue weighted by atomic mass is 16.6. The van der Waals surface area contributed by atoms with Crippen molar-refractivity contribution in [2.75, 3.05) is 6.61 Å². The Morgan fingerprint density at radius 2 is 1.71 bits per heavy atom. The minimum atomic E-state index is -0.410. The van der Waals surface area contributed by atoms with E-state index < -0.39 is 5.97 Å². The molecule has 2 heterocycles. The second-order valence-corrected chi connectivity index (χ2v) is 9.72. The van der Waals surface area contributed by atoms with Crippen LogP contribution in [0.4, 0.5) is 0 Å². The molecule has 1 saturated carbocycles. The Morgan fingerprint density at radius 1 is 1.09 bits per heavy atom. The van der Waals surface area contributed by atoms with Crippen LogP contribution in [0.25, 0.3) is 5.69 Å². The molecule has 4 atom stereocenters. The van der Waals surface area contributed by atoms with Gasteiger partial charge in [-0.3, -0.25) is 9.59 Å². The summed E-state index contributed by atoms with van der Waals surface area (Å²) < 4.78 is 12.7. The molecule has 0 spiro atoms. The molecular weight excluding hydrogens is 446 g/mol. The molecule has 5 rings (SSSR count). The molecule has 1 aromatic carbocycles. The van der Waals surface area contributed by atoms with Gasteiger partial charge in [-0.1, -0.05) is 12.2 Å². The second kappa shape index (κ2) is 8.83. The zero-order valence-corrected chi connectivity index (χ0v) is 20.3. The van der Waals surface area contributed by atoms with Crippen LogP contribution >= 0.6 is 0 Å². The van der Waals surface area contributed by atoms with Crippen molar-refractivity contribution in [3.8, 4) is 11.4 Å². The Bertz CT molecular complexity index is 1210. The zero-order chi connectivity index (χ0) is 24.9. The Kier molecular flexibility index (Phi) is 5.83. The zero-order valence-electron chi connectivity index (χ0n) is 20.3. The molecule has 2 bridgehead atoms. The smallest absolute Gasteiger partial charge is 0.344 e. The summed E-state index contributed by atoms with van der Waals surface area (Å²) in [7, 11) is 0. The van der Waals surface area contributed by atoms with Gasteiger partial charge in [0.25, 0.3) is 11.8 Å². The largest absolute Gasteiger partial charge is 0.482 e. The van der Waals surface area contributed by atoms with E-state index in [2.05, 4.69) is 21.8 Å². The quantitative estimate of drug-likeness (QED) is 0.264. The van der Waals surface area contributed by atoms with Crippen LogP contribution in [0.3, 0.4) is 0 Å². The highest BCUT2D eigenvalue weighted by Crippen LogP contribution is 2.52. The molecule has 182 valence electrons. The molecule has 8 nitrogen and oxygen atoms in total. The normalized spacial score (nSPS) is 24.8. The topological polar surface area (TPSA) is 90.2 Å². The van der Waals surface area contributed by atoms with Crippen molar-refractivity contribution in [2.24, 2.45) is 28.8 Å². The number of benzene rings is 1. The van der Waals surface area contributed by atoms with Gasteiger partial charge in [-0.15, -0.1) is 0 Å². The summed E-state index contributed by atoms with van der Waals surface area (Å²) in [5, 5.41) is 5.40. The number of carbonyl (C=O) groups excluding carboxylic acids is 3. The fourth-order valence-electron chi connectivity index (χ4n) is 5.57. The Balaban J connectivity index is 1.29. The standard InChI is InChI=1S/C27H29N3O5/c1-15(2)35-23(31)14-34-22-9-7-21(8-10-22)29-16(3)11-20(17(29)4)13-28-30-26(32)24-18-5-6-19(12-18)25(24)27(30)33/h5-11,13,15,18-19,24-25H,12,14H2,1-4H3/t18-,19-,24-,25+/m0/s1. The number of aromatic nitrogens is 1. The van der Waals surface area contributed by atoms with Crippen molar-refractivity contribution in [3.05, 3.63) is 59.4 Å². The van der Waals surface area contributed by atoms with Crippen molar-refractivity contribution in [2.45, 2.75) is 40.2 Å². The van der Waals surface area contributed by atoms with Gasteiger partial charge < -0.3 is 14.0 Å². The van der Waals surface area contributed by atoms with Gasteiger partial charge in [0.1, 0.15) is 5.75 Å². The van der Waals surface area contributed by atoms with Gasteiger partial charge in [-0.2, -0.15) is 10.1 Å². The van der Waals surface area contributed by atoms with Crippen molar-refractivity contribution in [1.29, 1.82) is 0 Å². The lowest BCUT2D eigenvalue weighted by Crippen LogP contribution is -2.28. The van der Waals surface area contributed by atoms with E-state index in [-0.39, 0.29) is 48.2 Å². The van der Waals surface area contributed by atoms with Crippen LogP contribution in [0.5, 0.6) is 5.75 Å². The lowest BCUT2D eigenvalue weighted by atomic mass is 9.85. The molecule has 0 N–H and O–H groups in total. The molecule has 8 heteroatoms. The fraction of sp³-hybridized carbons (Fsp3) is 0.407. The molecule has 3 aliphatic rings. The minimum absolute atomic E-state index is 0.146. The number of hydrazone groups is 1. The van der Waals surface area contributed by atoms with Crippen LogP contribution in [-0.2, 0) is 19.1 Å². The van der Waals surface area contributed by atoms with E-state index in [1.54, 1.807) is 32.2 Å². The van der Waals surface area contributed by atoms with Gasteiger partial charge in [0.15, 0.2) is 6.61 Å². The maximum Gasteiger partial charge on any atom is 0.344 e. The van der Waals surface area contributed by atoms with Crippen molar-refractivity contribution >= 4 is 24.0 Å². The number of carbonyl (C=O) groups is 3. The molecule has 1 aliphatic heterocycles. The number of allylic oxidation sites excluding steroid dienone is 2. The number of esters is 1. The minimum Gasteiger partial charge on any atom is -0.482 e. The first-order valence-electron chi connectivity index (χ1n) is 12.0. The second-order valence-electron chi connectivity index (χ2n) is 9.72. The van der Waals surface area contributed by atoms with Crippen molar-refractivity contribution in [3.63, 3.8) is 0 Å². The SMILES string of the molecule is Cc1cc(C=NN2C(=O)[C@@H]3[C@H](C2=O)[C@H]2C=C[C@H]3C2)c(C)n1-c1ccc(OCC(=O)OC(C)C)cc1. The average molecular weight is 476 g/mol. The van der Waals surface area contributed by atoms with Gasteiger partial charge in [-0.25, -0.2) is 4.79 Å². The third-order valence-electron chi connectivity index (χ3n) is 7.05. The molecule has 0 unspecified atom stereocenters. The third-order valence-corrected chi connectivity index (χ3v) is 7.05. The number of imide groups is 1. The molecule has 35 heavy (non-hydrogen) atoms. The Hall–Kier alpha value is -3.68. The number of aryl methyl sites for hydroxylation is 1. The molecular formula is C27H29N3O5. The van der Waals surface area contributed by atoms with E-state index in [1.807, 2.05) is 32.0 Å². The number of fused-ring (bicyclic) bond motifs is 5. The molecule has 0 radical (unpaired) electrons. The van der Waals surface area contributed by atoms with Gasteiger partial charge in [0.2, 0.25) is 0 Å². The Labute approximate surface area is 204 Å². The first-order valence-corrected chi connectivity index (χ1v) is 12.0. The van der Waals surface area contributed by atoms with Crippen LogP contribution in [0, 0.1) is 37.5 Å².